The van der Waals surface area contributed by atoms with Gasteiger partial charge in [-0.15, -0.1) is 0 Å². The molecule has 0 unspecified atom stereocenters. The number of nitrogens with zero attached hydrogens (tertiary/aromatic N) is 1. The van der Waals surface area contributed by atoms with Crippen LogP contribution in [0.15, 0.2) is 11.8 Å². The molecule has 1 rings (SSSR count). The Morgan fingerprint density at radius 2 is 2.46 bits per heavy atom. The summed E-state index contributed by atoms with van der Waals surface area (Å²) < 4.78 is 4.46. The summed E-state index contributed by atoms with van der Waals surface area (Å²) in [6, 6.07) is 0. The number of carbonyl (C=O) groups excluding carboxylic acids is 2. The fraction of sp³-hybridized carbons (Fsp3) is 0.500. The van der Waals surface area contributed by atoms with Crippen LogP contribution in [-0.4, -0.2) is 42.1 Å². The van der Waals surface area contributed by atoms with Crippen molar-refractivity contribution in [2.24, 2.45) is 0 Å². The molecule has 0 aromatic heterocycles. The van der Waals surface area contributed by atoms with Gasteiger partial charge in [-0.2, -0.15) is 0 Å². The largest absolute Gasteiger partial charge is 0.466 e. The SMILES string of the molecule is COC(=O)C1=CN(CCO)C(=O)C1. The van der Waals surface area contributed by atoms with Crippen molar-refractivity contribution in [3.63, 3.8) is 0 Å². The van der Waals surface area contributed by atoms with Crippen LogP contribution in [0.4, 0.5) is 0 Å². The summed E-state index contributed by atoms with van der Waals surface area (Å²) >= 11 is 0. The molecule has 1 aliphatic heterocycles. The van der Waals surface area contributed by atoms with Gasteiger partial charge in [0.2, 0.25) is 5.91 Å². The first kappa shape index (κ1) is 9.73. The summed E-state index contributed by atoms with van der Waals surface area (Å²) in [7, 11) is 1.27. The summed E-state index contributed by atoms with van der Waals surface area (Å²) in [6.07, 6.45) is 1.48. The van der Waals surface area contributed by atoms with Crippen molar-refractivity contribution in [3.8, 4) is 0 Å². The molecule has 1 aliphatic rings. The minimum atomic E-state index is -0.492. The average molecular weight is 185 g/mol. The zero-order valence-corrected chi connectivity index (χ0v) is 7.32. The van der Waals surface area contributed by atoms with Crippen LogP contribution in [-0.2, 0) is 14.3 Å². The Labute approximate surface area is 75.6 Å². The van der Waals surface area contributed by atoms with Gasteiger partial charge < -0.3 is 14.7 Å². The molecule has 0 saturated carbocycles. The molecule has 0 saturated heterocycles. The third-order valence-corrected chi connectivity index (χ3v) is 1.76. The number of hydrogen-bond acceptors (Lipinski definition) is 4. The highest BCUT2D eigenvalue weighted by Crippen LogP contribution is 2.16. The predicted octanol–water partition coefficient (Wildman–Crippen LogP) is -0.732. The lowest BCUT2D eigenvalue weighted by Gasteiger charge is -2.09. The molecule has 1 N–H and O–H groups in total. The van der Waals surface area contributed by atoms with Crippen LogP contribution in [0, 0.1) is 0 Å². The van der Waals surface area contributed by atoms with Gasteiger partial charge in [0.25, 0.3) is 0 Å². The average Bonchev–Trinajstić information content (AvgIpc) is 2.47. The van der Waals surface area contributed by atoms with E-state index in [-0.39, 0.29) is 25.5 Å². The minimum absolute atomic E-state index is 0.0622. The molecule has 5 nitrogen and oxygen atoms in total. The lowest BCUT2D eigenvalue weighted by Crippen LogP contribution is -2.24. The second kappa shape index (κ2) is 4.04. The number of aliphatic hydroxyl groups excluding tert-OH is 1. The minimum Gasteiger partial charge on any atom is -0.466 e. The van der Waals surface area contributed by atoms with Gasteiger partial charge in [0.05, 0.1) is 25.7 Å². The molecule has 0 radical (unpaired) electrons. The van der Waals surface area contributed by atoms with E-state index in [1.54, 1.807) is 0 Å². The molecule has 0 aliphatic carbocycles. The number of β-amino-alcohol motifs (C(OH)–C–C–N with tert-alkyl or cyclic N) is 1. The van der Waals surface area contributed by atoms with Gasteiger partial charge in [-0.05, 0) is 0 Å². The van der Waals surface area contributed by atoms with Crippen molar-refractivity contribution in [2.45, 2.75) is 6.42 Å². The first-order valence-electron chi connectivity index (χ1n) is 3.88. The molecule has 5 heteroatoms. The molecule has 72 valence electrons. The summed E-state index contributed by atoms with van der Waals surface area (Å²) in [4.78, 5) is 23.4. The van der Waals surface area contributed by atoms with E-state index in [4.69, 9.17) is 5.11 Å². The second-order valence-corrected chi connectivity index (χ2v) is 2.63. The Balaban J connectivity index is 2.65. The van der Waals surface area contributed by atoms with Crippen LogP contribution < -0.4 is 0 Å². The first-order valence-corrected chi connectivity index (χ1v) is 3.88. The van der Waals surface area contributed by atoms with Crippen molar-refractivity contribution in [2.75, 3.05) is 20.3 Å². The van der Waals surface area contributed by atoms with Crippen molar-refractivity contribution < 1.29 is 19.4 Å². The molecule has 1 amide bonds. The number of amides is 1. The smallest absolute Gasteiger partial charge is 0.335 e. The highest BCUT2D eigenvalue weighted by atomic mass is 16.5. The van der Waals surface area contributed by atoms with E-state index in [1.807, 2.05) is 0 Å². The van der Waals surface area contributed by atoms with Crippen LogP contribution in [0.5, 0.6) is 0 Å². The number of rotatable bonds is 3. The summed E-state index contributed by atoms with van der Waals surface area (Å²) in [5.74, 6) is -0.678. The van der Waals surface area contributed by atoms with Crippen molar-refractivity contribution in [3.05, 3.63) is 11.8 Å². The fourth-order valence-electron chi connectivity index (χ4n) is 1.12. The number of carbonyl (C=O) groups is 2. The van der Waals surface area contributed by atoms with E-state index in [0.717, 1.165) is 0 Å². The number of methoxy groups -OCH3 is 1. The lowest BCUT2D eigenvalue weighted by molar-refractivity contribution is -0.137. The maximum absolute atomic E-state index is 11.1. The molecular weight excluding hydrogens is 174 g/mol. The third-order valence-electron chi connectivity index (χ3n) is 1.76. The van der Waals surface area contributed by atoms with Crippen LogP contribution in [0.1, 0.15) is 6.42 Å². The number of hydrogen-bond donors (Lipinski definition) is 1. The summed E-state index contributed by atoms with van der Waals surface area (Å²) in [6.45, 7) is 0.107. The summed E-state index contributed by atoms with van der Waals surface area (Å²) in [5.41, 5.74) is 0.334. The zero-order valence-electron chi connectivity index (χ0n) is 7.32. The molecule has 0 spiro atoms. The van der Waals surface area contributed by atoms with Gasteiger partial charge in [0, 0.05) is 12.7 Å². The molecule has 0 fully saturated rings. The van der Waals surface area contributed by atoms with E-state index < -0.39 is 5.97 Å². The Morgan fingerprint density at radius 3 is 3.00 bits per heavy atom. The Bertz CT molecular complexity index is 259. The van der Waals surface area contributed by atoms with Crippen LogP contribution in [0.3, 0.4) is 0 Å². The van der Waals surface area contributed by atoms with Crippen LogP contribution >= 0.6 is 0 Å². The maximum Gasteiger partial charge on any atom is 0.335 e. The van der Waals surface area contributed by atoms with E-state index in [9.17, 15) is 9.59 Å². The van der Waals surface area contributed by atoms with Gasteiger partial charge in [0.1, 0.15) is 0 Å². The van der Waals surface area contributed by atoms with Crippen molar-refractivity contribution in [1.82, 2.24) is 4.90 Å². The highest BCUT2D eigenvalue weighted by molar-refractivity contribution is 5.98. The molecular formula is C8H11NO4. The Morgan fingerprint density at radius 1 is 1.77 bits per heavy atom. The highest BCUT2D eigenvalue weighted by Gasteiger charge is 2.25. The van der Waals surface area contributed by atoms with E-state index >= 15 is 0 Å². The molecule has 0 bridgehead atoms. The van der Waals surface area contributed by atoms with Gasteiger partial charge in [0.15, 0.2) is 0 Å². The predicted molar refractivity (Wildman–Crippen MR) is 43.5 cm³/mol. The monoisotopic (exact) mass is 185 g/mol. The lowest BCUT2D eigenvalue weighted by atomic mass is 10.2. The number of ether oxygens (including phenoxy) is 1. The molecule has 0 aromatic carbocycles. The quantitative estimate of drug-likeness (QED) is 0.588. The fourth-order valence-corrected chi connectivity index (χ4v) is 1.12. The normalized spacial score (nSPS) is 16.0. The molecule has 0 atom stereocenters. The zero-order chi connectivity index (χ0) is 9.84. The number of aliphatic hydroxyl groups is 1. The van der Waals surface area contributed by atoms with E-state index in [1.165, 1.54) is 18.2 Å². The topological polar surface area (TPSA) is 66.8 Å². The first-order chi connectivity index (χ1) is 6.19. The maximum atomic E-state index is 11.1. The van der Waals surface area contributed by atoms with E-state index in [2.05, 4.69) is 4.74 Å². The van der Waals surface area contributed by atoms with Crippen LogP contribution in [0.25, 0.3) is 0 Å². The van der Waals surface area contributed by atoms with Gasteiger partial charge in [-0.1, -0.05) is 0 Å². The van der Waals surface area contributed by atoms with Crippen molar-refractivity contribution >= 4 is 11.9 Å². The Hall–Kier alpha value is -1.36. The van der Waals surface area contributed by atoms with Gasteiger partial charge in [-0.3, -0.25) is 4.79 Å². The molecule has 1 heterocycles. The van der Waals surface area contributed by atoms with Gasteiger partial charge >= 0.3 is 5.97 Å². The Kier molecular flexibility index (Phi) is 3.02. The molecule has 13 heavy (non-hydrogen) atoms. The number of esters is 1. The molecule has 0 aromatic rings. The van der Waals surface area contributed by atoms with E-state index in [0.29, 0.717) is 5.57 Å². The standard InChI is InChI=1S/C8H11NO4/c1-13-8(12)6-4-7(11)9(5-6)2-3-10/h5,10H,2-4H2,1H3. The second-order valence-electron chi connectivity index (χ2n) is 2.63. The van der Waals surface area contributed by atoms with Crippen molar-refractivity contribution in [1.29, 1.82) is 0 Å². The van der Waals surface area contributed by atoms with Crippen LogP contribution in [0.2, 0.25) is 0 Å². The van der Waals surface area contributed by atoms with Gasteiger partial charge in [-0.25, -0.2) is 4.79 Å². The third kappa shape index (κ3) is 2.06. The summed E-state index contributed by atoms with van der Waals surface area (Å²) in [5, 5.41) is 8.59.